The van der Waals surface area contributed by atoms with Crippen molar-refractivity contribution in [3.05, 3.63) is 17.5 Å². The molecular formula is C37H69N7O12S. The number of nitrogens with one attached hydrogen (secondary N) is 1. The van der Waals surface area contributed by atoms with E-state index in [0.29, 0.717) is 56.0 Å². The Hall–Kier alpha value is -2.95. The highest BCUT2D eigenvalue weighted by Crippen LogP contribution is 2.44. The fourth-order valence-electron chi connectivity index (χ4n) is 6.67. The molecule has 0 aliphatic carbocycles. The second-order valence-electron chi connectivity index (χ2n) is 14.0. The van der Waals surface area contributed by atoms with Gasteiger partial charge in [-0.05, 0) is 25.7 Å². The molecular weight excluding hydrogens is 767 g/mol. The van der Waals surface area contributed by atoms with Crippen LogP contribution in [0.5, 0.6) is 0 Å². The maximum absolute atomic E-state index is 12.9. The normalized spacial score (nSPS) is 16.8. The van der Waals surface area contributed by atoms with Crippen molar-refractivity contribution in [2.24, 2.45) is 12.0 Å². The summed E-state index contributed by atoms with van der Waals surface area (Å²) in [5, 5.41) is 4.65. The largest absolute Gasteiger partial charge is 0.724 e. The van der Waals surface area contributed by atoms with Crippen LogP contribution in [-0.4, -0.2) is 161 Å². The number of rotatable bonds is 29. The van der Waals surface area contributed by atoms with E-state index in [1.54, 1.807) is 14.2 Å². The van der Waals surface area contributed by atoms with Gasteiger partial charge in [-0.2, -0.15) is 14.4 Å². The number of carbonyl (C=O) groups is 2. The number of amides is 2. The highest BCUT2D eigenvalue weighted by atomic mass is 32.3. The third-order valence-corrected chi connectivity index (χ3v) is 10.0. The minimum absolute atomic E-state index is 0.0251. The molecule has 3 rings (SSSR count). The summed E-state index contributed by atoms with van der Waals surface area (Å²) < 4.78 is 66.9. The molecule has 2 aliphatic rings. The van der Waals surface area contributed by atoms with Crippen molar-refractivity contribution in [2.75, 3.05) is 106 Å². The predicted octanol–water partition coefficient (Wildman–Crippen LogP) is 3.44. The Bertz CT molecular complexity index is 1390. The van der Waals surface area contributed by atoms with Gasteiger partial charge in [0.15, 0.2) is 5.84 Å². The summed E-state index contributed by atoms with van der Waals surface area (Å²) in [5.74, 6) is -0.726. The minimum atomic E-state index is -5.22. The number of hydroxylamine groups is 3. The molecule has 19 nitrogen and oxygen atoms in total. The zero-order valence-electron chi connectivity index (χ0n) is 35.3. The zero-order valence-corrected chi connectivity index (χ0v) is 36.1. The number of aliphatic imine (C=N–C) groups is 1. The van der Waals surface area contributed by atoms with Crippen LogP contribution in [0.25, 0.3) is 0 Å². The number of unbranched alkanes of at least 4 members (excludes halogenated alkanes) is 4. The van der Waals surface area contributed by atoms with E-state index in [2.05, 4.69) is 47.5 Å². The van der Waals surface area contributed by atoms with Gasteiger partial charge in [0.1, 0.15) is 18.7 Å². The highest BCUT2D eigenvalue weighted by Gasteiger charge is 2.52. The zero-order chi connectivity index (χ0) is 42.1. The molecule has 0 radical (unpaired) electrons. The van der Waals surface area contributed by atoms with Gasteiger partial charge < -0.3 is 42.5 Å². The van der Waals surface area contributed by atoms with Crippen LogP contribution in [0.15, 0.2) is 11.2 Å². The SMILES string of the molecule is CCCC[N+](CCCC)(CCCC)CCCC.CN=C(NOC(=O)COCCOCCOCCOCCOC)[C@@H]1c2c(cnn2C)[C@@H]2CN1C(=O)N2OS(=O)(=O)[O-]. The number of amidine groups is 1. The first-order chi connectivity index (χ1) is 27.4. The van der Waals surface area contributed by atoms with E-state index in [4.69, 9.17) is 28.5 Å². The smallest absolute Gasteiger partial charge is 0.357 e. The fourth-order valence-corrected chi connectivity index (χ4v) is 7.03. The Labute approximate surface area is 339 Å². The Morgan fingerprint density at radius 3 is 1.82 bits per heavy atom. The van der Waals surface area contributed by atoms with Crippen molar-refractivity contribution in [1.82, 2.24) is 25.2 Å². The summed E-state index contributed by atoms with van der Waals surface area (Å²) in [6, 6.07) is -2.72. The third-order valence-electron chi connectivity index (χ3n) is 9.68. The lowest BCUT2D eigenvalue weighted by molar-refractivity contribution is -0.929. The number of quaternary nitrogens is 1. The number of ether oxygens (including phenoxy) is 5. The standard InChI is InChI=1S/C21H34N6O12S.C16H36N/c1-22-20(24-38-17(28)14-37-11-10-36-9-8-35-7-6-34-5-4-33-3)19-18-15(12-23-25(18)2)16-13-26(19)21(29)27(16)39-40(30,31)32;1-5-9-13-17(14-10-6-2,15-11-7-3)16-12-8-4/h12,16,19H,4-11,13-14H2,1-3H3,(H,22,24)(H,30,31,32);5-16H2,1-4H3/q;+1/p-1/t16-,19-;/m0./s1. The molecule has 2 amide bonds. The summed E-state index contributed by atoms with van der Waals surface area (Å²) in [6.07, 6.45) is 12.5. The van der Waals surface area contributed by atoms with Crippen LogP contribution in [0, 0.1) is 0 Å². The van der Waals surface area contributed by atoms with Crippen molar-refractivity contribution in [3.63, 3.8) is 0 Å². The molecule has 330 valence electrons. The van der Waals surface area contributed by atoms with E-state index in [1.807, 2.05) is 0 Å². The van der Waals surface area contributed by atoms with Crippen molar-refractivity contribution >= 4 is 28.2 Å². The monoisotopic (exact) mass is 835 g/mol. The Morgan fingerprint density at radius 2 is 1.37 bits per heavy atom. The van der Waals surface area contributed by atoms with Gasteiger partial charge in [-0.25, -0.2) is 23.5 Å². The fraction of sp³-hybridized carbons (Fsp3) is 0.838. The molecule has 2 atom stereocenters. The Kier molecular flexibility index (Phi) is 24.4. The predicted molar refractivity (Wildman–Crippen MR) is 211 cm³/mol. The molecule has 1 aromatic heterocycles. The van der Waals surface area contributed by atoms with E-state index < -0.39 is 41.1 Å². The van der Waals surface area contributed by atoms with Crippen molar-refractivity contribution in [1.29, 1.82) is 0 Å². The molecule has 2 bridgehead atoms. The van der Waals surface area contributed by atoms with Crippen molar-refractivity contribution in [2.45, 2.75) is 91.1 Å². The van der Waals surface area contributed by atoms with Crippen molar-refractivity contribution < 1.29 is 59.8 Å². The van der Waals surface area contributed by atoms with E-state index in [0.717, 1.165) is 0 Å². The molecule has 1 aromatic rings. The molecule has 1 N–H and O–H groups in total. The van der Waals surface area contributed by atoms with Gasteiger partial charge in [-0.1, -0.05) is 53.4 Å². The van der Waals surface area contributed by atoms with Crippen LogP contribution in [0.3, 0.4) is 0 Å². The number of aryl methyl sites for hydroxylation is 1. The van der Waals surface area contributed by atoms with Gasteiger partial charge in [0.05, 0.1) is 97.5 Å². The maximum Gasteiger partial charge on any atom is 0.357 e. The number of methoxy groups -OCH3 is 1. The summed E-state index contributed by atoms with van der Waals surface area (Å²) in [6.45, 7) is 17.6. The van der Waals surface area contributed by atoms with E-state index in [-0.39, 0.29) is 25.6 Å². The molecule has 1 fully saturated rings. The third kappa shape index (κ3) is 17.4. The molecule has 57 heavy (non-hydrogen) atoms. The first-order valence-corrected chi connectivity index (χ1v) is 21.6. The minimum Gasteiger partial charge on any atom is -0.724 e. The summed E-state index contributed by atoms with van der Waals surface area (Å²) in [5.41, 5.74) is 3.34. The average Bonchev–Trinajstić information content (AvgIpc) is 3.70. The summed E-state index contributed by atoms with van der Waals surface area (Å²) >= 11 is 0. The molecule has 0 unspecified atom stereocenters. The second-order valence-corrected chi connectivity index (χ2v) is 15.0. The molecule has 3 heterocycles. The lowest BCUT2D eigenvalue weighted by atomic mass is 9.97. The molecule has 0 saturated carbocycles. The summed E-state index contributed by atoms with van der Waals surface area (Å²) in [4.78, 5) is 35.4. The van der Waals surface area contributed by atoms with Crippen LogP contribution in [-0.2, 0) is 55.0 Å². The van der Waals surface area contributed by atoms with E-state index in [1.165, 1.54) is 105 Å². The number of aromatic nitrogens is 2. The number of carbonyl (C=O) groups excluding carboxylic acids is 2. The van der Waals surface area contributed by atoms with Gasteiger partial charge in [0.25, 0.3) is 0 Å². The first-order valence-electron chi connectivity index (χ1n) is 20.3. The van der Waals surface area contributed by atoms with Crippen LogP contribution < -0.4 is 5.48 Å². The van der Waals surface area contributed by atoms with Gasteiger partial charge in [-0.3, -0.25) is 9.67 Å². The van der Waals surface area contributed by atoms with Gasteiger partial charge >= 0.3 is 12.0 Å². The average molecular weight is 836 g/mol. The van der Waals surface area contributed by atoms with Gasteiger partial charge in [-0.15, -0.1) is 0 Å². The first kappa shape index (κ1) is 50.2. The lowest BCUT2D eigenvalue weighted by Crippen LogP contribution is -2.50. The molecule has 1 saturated heterocycles. The van der Waals surface area contributed by atoms with E-state index in [9.17, 15) is 22.6 Å². The van der Waals surface area contributed by atoms with Crippen LogP contribution in [0.4, 0.5) is 4.79 Å². The van der Waals surface area contributed by atoms with Crippen LogP contribution in [0.1, 0.15) is 102 Å². The number of nitrogens with zero attached hydrogens (tertiary/aromatic N) is 6. The molecule has 20 heteroatoms. The topological polar surface area (TPSA) is 205 Å². The Balaban J connectivity index is 0.000000555. The maximum atomic E-state index is 12.9. The highest BCUT2D eigenvalue weighted by molar-refractivity contribution is 7.80. The summed E-state index contributed by atoms with van der Waals surface area (Å²) in [7, 11) is -0.602. The lowest BCUT2D eigenvalue weighted by Gasteiger charge is -2.39. The molecule has 2 aliphatic heterocycles. The number of hydrogen-bond donors (Lipinski definition) is 1. The van der Waals surface area contributed by atoms with Crippen LogP contribution >= 0.6 is 0 Å². The molecule has 0 spiro atoms. The van der Waals surface area contributed by atoms with Gasteiger partial charge in [0, 0.05) is 26.8 Å². The quantitative estimate of drug-likeness (QED) is 0.0234. The van der Waals surface area contributed by atoms with E-state index >= 15 is 0 Å². The number of fused-ring (bicyclic) bond motifs is 4. The second kappa shape index (κ2) is 27.7. The van der Waals surface area contributed by atoms with Crippen LogP contribution in [0.2, 0.25) is 0 Å². The number of urea groups is 1. The van der Waals surface area contributed by atoms with Gasteiger partial charge in [0.2, 0.25) is 10.4 Å². The Morgan fingerprint density at radius 1 is 0.877 bits per heavy atom. The van der Waals surface area contributed by atoms with Crippen molar-refractivity contribution in [3.8, 4) is 0 Å². The number of hydrogen-bond acceptors (Lipinski definition) is 14. The molecule has 0 aromatic carbocycles.